The van der Waals surface area contributed by atoms with Gasteiger partial charge < -0.3 is 5.32 Å². The van der Waals surface area contributed by atoms with Crippen LogP contribution < -0.4 is 10.5 Å². The van der Waals surface area contributed by atoms with E-state index < -0.39 is 10.0 Å². The molecular formula is C11H15N5O2S. The highest BCUT2D eigenvalue weighted by Gasteiger charge is 2.12. The number of nitrogens with zero attached hydrogens (tertiary/aromatic N) is 3. The monoisotopic (exact) mass is 281 g/mol. The standard InChI is InChI=1S/C11H15N5O2S/c12-19(17,18)11-5-2-1-4-10(11)13-6-3-8-16-9-7-14-15-16/h1-2,4-5,7,9,13H,3,6,8H2,(H2,12,17,18). The van der Waals surface area contributed by atoms with Gasteiger partial charge in [0.2, 0.25) is 10.0 Å². The van der Waals surface area contributed by atoms with E-state index in [1.165, 1.54) is 6.07 Å². The predicted molar refractivity (Wildman–Crippen MR) is 70.9 cm³/mol. The summed E-state index contributed by atoms with van der Waals surface area (Å²) in [4.78, 5) is 0.107. The third-order valence-electron chi connectivity index (χ3n) is 2.54. The lowest BCUT2D eigenvalue weighted by molar-refractivity contribution is 0.569. The molecule has 0 spiro atoms. The largest absolute Gasteiger partial charge is 0.384 e. The minimum Gasteiger partial charge on any atom is -0.384 e. The van der Waals surface area contributed by atoms with E-state index in [2.05, 4.69) is 15.6 Å². The number of hydrogen-bond donors (Lipinski definition) is 2. The Hall–Kier alpha value is -1.93. The highest BCUT2D eigenvalue weighted by molar-refractivity contribution is 7.89. The van der Waals surface area contributed by atoms with Crippen molar-refractivity contribution in [2.75, 3.05) is 11.9 Å². The number of nitrogens with one attached hydrogen (secondary N) is 1. The maximum Gasteiger partial charge on any atom is 0.240 e. The minimum absolute atomic E-state index is 0.107. The Balaban J connectivity index is 1.93. The predicted octanol–water partition coefficient (Wildman–Crippen LogP) is 0.428. The average molecular weight is 281 g/mol. The number of primary sulfonamides is 1. The van der Waals surface area contributed by atoms with Gasteiger partial charge in [-0.3, -0.25) is 4.68 Å². The first-order chi connectivity index (χ1) is 9.07. The third-order valence-corrected chi connectivity index (χ3v) is 3.51. The molecular weight excluding hydrogens is 266 g/mol. The van der Waals surface area contributed by atoms with E-state index in [0.717, 1.165) is 6.42 Å². The highest BCUT2D eigenvalue weighted by Crippen LogP contribution is 2.18. The lowest BCUT2D eigenvalue weighted by Gasteiger charge is -2.10. The van der Waals surface area contributed by atoms with Crippen LogP contribution in [-0.2, 0) is 16.6 Å². The van der Waals surface area contributed by atoms with Crippen LogP contribution in [0, 0.1) is 0 Å². The molecule has 2 aromatic rings. The molecule has 0 unspecified atom stereocenters. The molecule has 0 aliphatic rings. The first-order valence-electron chi connectivity index (χ1n) is 5.77. The Labute approximate surface area is 111 Å². The number of aromatic nitrogens is 3. The van der Waals surface area contributed by atoms with E-state index in [4.69, 9.17) is 5.14 Å². The van der Waals surface area contributed by atoms with E-state index in [-0.39, 0.29) is 4.90 Å². The minimum atomic E-state index is -3.70. The summed E-state index contributed by atoms with van der Waals surface area (Å²) < 4.78 is 24.5. The van der Waals surface area contributed by atoms with E-state index in [1.807, 2.05) is 0 Å². The van der Waals surface area contributed by atoms with Crippen molar-refractivity contribution >= 4 is 15.7 Å². The van der Waals surface area contributed by atoms with Crippen molar-refractivity contribution in [2.24, 2.45) is 5.14 Å². The maximum atomic E-state index is 11.4. The molecule has 0 fully saturated rings. The SMILES string of the molecule is NS(=O)(=O)c1ccccc1NCCCn1ccnn1. The van der Waals surface area contributed by atoms with Gasteiger partial charge in [-0.2, -0.15) is 0 Å². The number of nitrogens with two attached hydrogens (primary N) is 1. The lowest BCUT2D eigenvalue weighted by Crippen LogP contribution is -2.16. The molecule has 0 amide bonds. The Morgan fingerprint density at radius 1 is 1.32 bits per heavy atom. The van der Waals surface area contributed by atoms with Gasteiger partial charge in [-0.05, 0) is 18.6 Å². The van der Waals surface area contributed by atoms with Crippen molar-refractivity contribution in [3.8, 4) is 0 Å². The Kier molecular flexibility index (Phi) is 4.13. The van der Waals surface area contributed by atoms with Gasteiger partial charge in [0.1, 0.15) is 4.90 Å². The van der Waals surface area contributed by atoms with Crippen molar-refractivity contribution in [2.45, 2.75) is 17.9 Å². The van der Waals surface area contributed by atoms with Gasteiger partial charge in [0.15, 0.2) is 0 Å². The lowest BCUT2D eigenvalue weighted by atomic mass is 10.3. The quantitative estimate of drug-likeness (QED) is 0.747. The van der Waals surface area contributed by atoms with E-state index in [1.54, 1.807) is 35.3 Å². The van der Waals surface area contributed by atoms with Crippen LogP contribution in [0.3, 0.4) is 0 Å². The fourth-order valence-corrected chi connectivity index (χ4v) is 2.39. The number of rotatable bonds is 6. The summed E-state index contributed by atoms with van der Waals surface area (Å²) in [5.74, 6) is 0. The number of hydrogen-bond acceptors (Lipinski definition) is 5. The number of aryl methyl sites for hydroxylation is 1. The van der Waals surface area contributed by atoms with Gasteiger partial charge >= 0.3 is 0 Å². The molecule has 102 valence electrons. The average Bonchev–Trinajstić information content (AvgIpc) is 2.87. The Bertz CT molecular complexity index is 624. The molecule has 2 rings (SSSR count). The number of benzene rings is 1. The van der Waals surface area contributed by atoms with Gasteiger partial charge in [0, 0.05) is 19.3 Å². The molecule has 0 aliphatic heterocycles. The zero-order valence-corrected chi connectivity index (χ0v) is 11.0. The zero-order chi connectivity index (χ0) is 13.7. The van der Waals surface area contributed by atoms with Crippen molar-refractivity contribution in [1.29, 1.82) is 0 Å². The van der Waals surface area contributed by atoms with Crippen molar-refractivity contribution in [3.63, 3.8) is 0 Å². The molecule has 0 atom stereocenters. The van der Waals surface area contributed by atoms with Crippen molar-refractivity contribution in [1.82, 2.24) is 15.0 Å². The molecule has 0 bridgehead atoms. The molecule has 7 nitrogen and oxygen atoms in total. The van der Waals surface area contributed by atoms with Crippen LogP contribution in [-0.4, -0.2) is 30.0 Å². The molecule has 0 aliphatic carbocycles. The smallest absolute Gasteiger partial charge is 0.240 e. The molecule has 1 aromatic heterocycles. The topological polar surface area (TPSA) is 103 Å². The summed E-state index contributed by atoms with van der Waals surface area (Å²) in [5.41, 5.74) is 0.517. The van der Waals surface area contributed by atoms with Crippen LogP contribution >= 0.6 is 0 Å². The summed E-state index contributed by atoms with van der Waals surface area (Å²) >= 11 is 0. The second-order valence-electron chi connectivity index (χ2n) is 3.99. The van der Waals surface area contributed by atoms with Crippen LogP contribution in [0.4, 0.5) is 5.69 Å². The second kappa shape index (κ2) is 5.81. The maximum absolute atomic E-state index is 11.4. The number of para-hydroxylation sites is 1. The first-order valence-corrected chi connectivity index (χ1v) is 7.32. The van der Waals surface area contributed by atoms with Gasteiger partial charge in [-0.1, -0.05) is 17.3 Å². The molecule has 1 heterocycles. The van der Waals surface area contributed by atoms with Gasteiger partial charge in [0.25, 0.3) is 0 Å². The Morgan fingerprint density at radius 3 is 2.79 bits per heavy atom. The second-order valence-corrected chi connectivity index (χ2v) is 5.52. The summed E-state index contributed by atoms with van der Waals surface area (Å²) in [5, 5.41) is 15.8. The zero-order valence-electron chi connectivity index (χ0n) is 10.2. The third kappa shape index (κ3) is 3.76. The fourth-order valence-electron chi connectivity index (χ4n) is 1.68. The summed E-state index contributed by atoms with van der Waals surface area (Å²) in [6.45, 7) is 1.33. The van der Waals surface area contributed by atoms with Gasteiger partial charge in [-0.15, -0.1) is 5.10 Å². The van der Waals surface area contributed by atoms with Crippen LogP contribution in [0.25, 0.3) is 0 Å². The summed E-state index contributed by atoms with van der Waals surface area (Å²) in [6.07, 6.45) is 4.18. The van der Waals surface area contributed by atoms with E-state index >= 15 is 0 Å². The normalized spacial score (nSPS) is 11.4. The molecule has 0 radical (unpaired) electrons. The van der Waals surface area contributed by atoms with Crippen molar-refractivity contribution < 1.29 is 8.42 Å². The highest BCUT2D eigenvalue weighted by atomic mass is 32.2. The fraction of sp³-hybridized carbons (Fsp3) is 0.273. The molecule has 1 aromatic carbocycles. The Morgan fingerprint density at radius 2 is 2.11 bits per heavy atom. The van der Waals surface area contributed by atoms with Crippen LogP contribution in [0.5, 0.6) is 0 Å². The first kappa shape index (κ1) is 13.5. The number of sulfonamides is 1. The molecule has 8 heteroatoms. The van der Waals surface area contributed by atoms with Crippen LogP contribution in [0.15, 0.2) is 41.6 Å². The summed E-state index contributed by atoms with van der Waals surface area (Å²) in [7, 11) is -3.70. The van der Waals surface area contributed by atoms with Crippen LogP contribution in [0.1, 0.15) is 6.42 Å². The van der Waals surface area contributed by atoms with Gasteiger partial charge in [-0.25, -0.2) is 13.6 Å². The van der Waals surface area contributed by atoms with Gasteiger partial charge in [0.05, 0.1) is 11.9 Å². The summed E-state index contributed by atoms with van der Waals surface area (Å²) in [6, 6.07) is 6.57. The molecule has 0 saturated heterocycles. The molecule has 0 saturated carbocycles. The van der Waals surface area contributed by atoms with E-state index in [9.17, 15) is 8.42 Å². The number of anilines is 1. The van der Waals surface area contributed by atoms with Crippen molar-refractivity contribution in [3.05, 3.63) is 36.7 Å². The van der Waals surface area contributed by atoms with E-state index in [0.29, 0.717) is 18.8 Å². The molecule has 3 N–H and O–H groups in total. The van der Waals surface area contributed by atoms with Crippen LogP contribution in [0.2, 0.25) is 0 Å². The molecule has 19 heavy (non-hydrogen) atoms.